The van der Waals surface area contributed by atoms with E-state index in [0.717, 1.165) is 134 Å². The van der Waals surface area contributed by atoms with Crippen LogP contribution in [0.3, 0.4) is 0 Å². The zero-order valence-electron chi connectivity index (χ0n) is 62.2. The molecule has 17 aromatic rings. The number of ether oxygens (including phenoxy) is 3. The van der Waals surface area contributed by atoms with Crippen molar-refractivity contribution in [2.75, 3.05) is 44.3 Å². The summed E-state index contributed by atoms with van der Waals surface area (Å²) in [6.45, 7) is 2.12. The van der Waals surface area contributed by atoms with Crippen LogP contribution < -0.4 is 37.1 Å². The van der Waals surface area contributed by atoms with E-state index in [1.165, 1.54) is 54.9 Å². The van der Waals surface area contributed by atoms with Crippen LogP contribution in [0.5, 0.6) is 17.2 Å². The van der Waals surface area contributed by atoms with Crippen molar-refractivity contribution in [2.45, 2.75) is 51.9 Å². The molecule has 0 amide bonds. The van der Waals surface area contributed by atoms with E-state index in [-0.39, 0.29) is 5.95 Å². The zero-order valence-corrected chi connectivity index (χ0v) is 62.2. The molecule has 0 saturated heterocycles. The molecule has 0 spiro atoms. The topological polar surface area (TPSA) is 296 Å². The molecule has 546 valence electrons. The Morgan fingerprint density at radius 3 is 1.18 bits per heavy atom. The molecule has 0 atom stereocenters. The lowest BCUT2D eigenvalue weighted by Gasteiger charge is -2.14. The van der Waals surface area contributed by atoms with Crippen LogP contribution in [0.25, 0.3) is 99.7 Å². The third-order valence-electron chi connectivity index (χ3n) is 19.2. The normalized spacial score (nSPS) is 11.2. The fourth-order valence-electron chi connectivity index (χ4n) is 13.7. The number of nitrogens with zero attached hydrogens (tertiary/aromatic N) is 14. The molecule has 0 fully saturated rings. The summed E-state index contributed by atoms with van der Waals surface area (Å²) < 4.78 is 24.7. The van der Waals surface area contributed by atoms with Crippen molar-refractivity contribution in [3.05, 3.63) is 282 Å². The van der Waals surface area contributed by atoms with Gasteiger partial charge in [-0.1, -0.05) is 72.3 Å². The maximum Gasteiger partial charge on any atom is 0.220 e. The van der Waals surface area contributed by atoms with Crippen molar-refractivity contribution in [1.82, 2.24) is 73.1 Å². The van der Waals surface area contributed by atoms with Gasteiger partial charge in [-0.15, -0.1) is 0 Å². The van der Waals surface area contributed by atoms with Crippen LogP contribution >= 0.6 is 0 Å². The number of nitrogens with two attached hydrogens (primary N) is 4. The van der Waals surface area contributed by atoms with Gasteiger partial charge in [-0.2, -0.15) is 0 Å². The molecule has 10 heterocycles. The summed E-state index contributed by atoms with van der Waals surface area (Å²) in [6, 6.07) is 66.2. The number of fused-ring (bicyclic) bond motifs is 5. The maximum absolute atomic E-state index is 6.03. The molecule has 22 heteroatoms. The summed E-state index contributed by atoms with van der Waals surface area (Å²) in [5.74, 6) is 3.89. The van der Waals surface area contributed by atoms with E-state index in [0.29, 0.717) is 41.5 Å². The summed E-state index contributed by atoms with van der Waals surface area (Å²) in [6.07, 6.45) is 17.4. The number of aromatic nitrogens is 15. The molecular weight excluding hydrogens is 1360 g/mol. The van der Waals surface area contributed by atoms with E-state index in [1.807, 2.05) is 107 Å². The molecule has 10 aromatic heterocycles. The number of rotatable bonds is 18. The van der Waals surface area contributed by atoms with Gasteiger partial charge < -0.3 is 60.4 Å². The Labute approximate surface area is 631 Å². The highest BCUT2D eigenvalue weighted by molar-refractivity contribution is 5.88. The number of nitrogens with one attached hydrogen (secondary N) is 1. The number of H-pyrrole nitrogens is 1. The van der Waals surface area contributed by atoms with Crippen LogP contribution in [0.2, 0.25) is 0 Å². The van der Waals surface area contributed by atoms with Crippen LogP contribution in [0.15, 0.2) is 231 Å². The second-order valence-corrected chi connectivity index (χ2v) is 27.0. The maximum atomic E-state index is 6.03. The van der Waals surface area contributed by atoms with Crippen molar-refractivity contribution in [3.63, 3.8) is 0 Å². The average molecular weight is 1440 g/mol. The fourth-order valence-corrected chi connectivity index (χ4v) is 13.7. The van der Waals surface area contributed by atoms with Gasteiger partial charge in [0.2, 0.25) is 29.5 Å². The summed E-state index contributed by atoms with van der Waals surface area (Å²) >= 11 is 0. The summed E-state index contributed by atoms with van der Waals surface area (Å²) in [5.41, 5.74) is 46.6. The van der Waals surface area contributed by atoms with Crippen LogP contribution in [-0.4, -0.2) is 94.4 Å². The number of pyridine rings is 1. The fraction of sp³-hybridized carbons (Fsp3) is 0.172. The smallest absolute Gasteiger partial charge is 0.220 e. The van der Waals surface area contributed by atoms with Crippen LogP contribution in [0.4, 0.5) is 23.8 Å². The van der Waals surface area contributed by atoms with E-state index >= 15 is 0 Å². The first-order valence-corrected chi connectivity index (χ1v) is 35.9. The predicted octanol–water partition coefficient (Wildman–Crippen LogP) is 15.4. The monoisotopic (exact) mass is 1440 g/mol. The molecule has 0 unspecified atom stereocenters. The molecule has 9 N–H and O–H groups in total. The number of nitrogen functional groups attached to an aromatic ring is 4. The minimum absolute atomic E-state index is 0.239. The minimum atomic E-state index is 0.239. The number of para-hydroxylation sites is 2. The summed E-state index contributed by atoms with van der Waals surface area (Å²) in [4.78, 5) is 47.6. The minimum Gasteiger partial charge on any atom is -0.493 e. The number of benzene rings is 7. The lowest BCUT2D eigenvalue weighted by Crippen LogP contribution is -2.03. The Morgan fingerprint density at radius 1 is 0.358 bits per heavy atom. The standard InChI is InChI=1S/C23H24N4O3.C22H20N6.C22H22N4.C20H19N5/c1-27-8-7-16-12-15(5-6-19(16)27)18-13-17(25-23(24)26-18)9-14-10-20(28-2)22(30-4)21(11-14)29-3;1-28-11-10-15-12-14(6-8-20(15)28)19-13-16(24-22(23)27-19)7-9-21-25-17-4-2-3-5-18(17)26-21;1-15-4-3-5-16(12-15)6-8-19-14-20(25-22(23)24-19)17-7-9-21-18(13-17)10-11-26(21)2;1-25-10-8-16-11-15(5-7-19(16)25)18-12-17(23-20(21)24-18)6-4-14-3-2-9-22-13-14/h5-8,10-13H,9H2,1-4H3,(H2,24,25,26);2-6,8,10-13H,7,9H2,1H3,(H,25,26)(H2,23,24,27);3-5,7,9-14H,6,8H2,1-2H3,(H2,23,24,25);2-3,5,7-13H,4,6H2,1H3,(H2,21,23,24). The number of methoxy groups -OCH3 is 3. The van der Waals surface area contributed by atoms with Gasteiger partial charge in [0.1, 0.15) is 5.82 Å². The van der Waals surface area contributed by atoms with Gasteiger partial charge in [-0.05, 0) is 183 Å². The molecule has 22 nitrogen and oxygen atoms in total. The molecule has 0 aliphatic rings. The van der Waals surface area contributed by atoms with Gasteiger partial charge in [0, 0.05) is 161 Å². The van der Waals surface area contributed by atoms with Crippen molar-refractivity contribution >= 4 is 78.4 Å². The number of anilines is 4. The second-order valence-electron chi connectivity index (χ2n) is 27.0. The lowest BCUT2D eigenvalue weighted by atomic mass is 10.0. The highest BCUT2D eigenvalue weighted by atomic mass is 16.5. The van der Waals surface area contributed by atoms with Gasteiger partial charge in [0.15, 0.2) is 11.5 Å². The van der Waals surface area contributed by atoms with Crippen molar-refractivity contribution in [1.29, 1.82) is 0 Å². The van der Waals surface area contributed by atoms with E-state index in [9.17, 15) is 0 Å². The Kier molecular flexibility index (Phi) is 21.4. The van der Waals surface area contributed by atoms with E-state index < -0.39 is 0 Å². The molecule has 0 aliphatic heterocycles. The Morgan fingerprint density at radius 2 is 0.771 bits per heavy atom. The number of aryl methyl sites for hydroxylation is 11. The number of hydrogen-bond acceptors (Lipinski definition) is 17. The van der Waals surface area contributed by atoms with Crippen molar-refractivity contribution < 1.29 is 14.2 Å². The molecule has 17 rings (SSSR count). The van der Waals surface area contributed by atoms with Crippen LogP contribution in [-0.2, 0) is 73.1 Å². The van der Waals surface area contributed by atoms with Crippen LogP contribution in [0.1, 0.15) is 50.9 Å². The van der Waals surface area contributed by atoms with Gasteiger partial charge >= 0.3 is 0 Å². The molecule has 0 radical (unpaired) electrons. The third-order valence-corrected chi connectivity index (χ3v) is 19.2. The first kappa shape index (κ1) is 72.2. The zero-order chi connectivity index (χ0) is 75.7. The Bertz CT molecular complexity index is 6040. The lowest BCUT2D eigenvalue weighted by molar-refractivity contribution is 0.324. The van der Waals surface area contributed by atoms with Crippen molar-refractivity contribution in [2.24, 2.45) is 28.2 Å². The second kappa shape index (κ2) is 32.3. The van der Waals surface area contributed by atoms with E-state index in [4.69, 9.17) is 37.1 Å². The average Bonchev–Trinajstić information content (AvgIpc) is 1.80. The van der Waals surface area contributed by atoms with Crippen LogP contribution in [0, 0.1) is 6.92 Å². The molecule has 0 saturated carbocycles. The van der Waals surface area contributed by atoms with E-state index in [1.54, 1.807) is 27.5 Å². The first-order valence-electron chi connectivity index (χ1n) is 35.9. The number of aromatic amines is 1. The third kappa shape index (κ3) is 17.1. The summed E-state index contributed by atoms with van der Waals surface area (Å²) in [7, 11) is 12.9. The SMILES string of the molecule is COc1cc(Cc2cc(-c3ccc4c(ccn4C)c3)nc(N)n2)cc(OC)c1OC.Cc1cccc(CCc2cc(-c3ccc4c(ccn4C)c3)nc(N)n2)c1.Cn1ccc2cc(-c3cc(CCc4cccnc4)nc(N)n3)ccc21.Cn1ccc2cc(-c3cc(CCc4nc5ccccc5[nH]4)nc(N)n3)ccc21. The van der Waals surface area contributed by atoms with Gasteiger partial charge in [0.05, 0.1) is 60.8 Å². The molecule has 0 aliphatic carbocycles. The van der Waals surface area contributed by atoms with Gasteiger partial charge in [0.25, 0.3) is 0 Å². The van der Waals surface area contributed by atoms with Crippen molar-refractivity contribution in [3.8, 4) is 62.3 Å². The summed E-state index contributed by atoms with van der Waals surface area (Å²) in [5, 5.41) is 4.72. The largest absolute Gasteiger partial charge is 0.493 e. The Balaban J connectivity index is 0.000000122. The predicted molar refractivity (Wildman–Crippen MR) is 436 cm³/mol. The Hall–Kier alpha value is -13.8. The quantitative estimate of drug-likeness (QED) is 0.0533. The van der Waals surface area contributed by atoms with Gasteiger partial charge in [-0.3, -0.25) is 4.98 Å². The highest BCUT2D eigenvalue weighted by Crippen LogP contribution is 2.39. The molecule has 0 bridgehead atoms. The first-order chi connectivity index (χ1) is 52.9. The number of hydrogen-bond donors (Lipinski definition) is 5. The van der Waals surface area contributed by atoms with Gasteiger partial charge in [-0.25, -0.2) is 44.9 Å². The molecule has 109 heavy (non-hydrogen) atoms. The van der Waals surface area contributed by atoms with E-state index in [2.05, 4.69) is 226 Å². The number of imidazole rings is 1. The molecular formula is C87H85N19O3. The molecule has 7 aromatic carbocycles. The highest BCUT2D eigenvalue weighted by Gasteiger charge is 2.17.